The Balaban J connectivity index is 2.16. The Bertz CT molecular complexity index is 681. The fourth-order valence-electron chi connectivity index (χ4n) is 3.79. The van der Waals surface area contributed by atoms with Crippen LogP contribution in [0, 0.1) is 0 Å². The van der Waals surface area contributed by atoms with E-state index in [0.717, 1.165) is 0 Å². The highest BCUT2D eigenvalue weighted by Crippen LogP contribution is 2.26. The van der Waals surface area contributed by atoms with Crippen molar-refractivity contribution in [3.05, 3.63) is 0 Å². The molecule has 2 aliphatic heterocycles. The predicted molar refractivity (Wildman–Crippen MR) is 99.6 cm³/mol. The summed E-state index contributed by atoms with van der Waals surface area (Å²) in [6, 6.07) is -3.72. The number of nitrogens with zero attached hydrogens (tertiary/aromatic N) is 2. The number of aliphatic carboxylic acids is 2. The van der Waals surface area contributed by atoms with Crippen LogP contribution in [0.1, 0.15) is 45.4 Å². The van der Waals surface area contributed by atoms with Crippen LogP contribution in [0.4, 0.5) is 0 Å². The van der Waals surface area contributed by atoms with Gasteiger partial charge in [0.1, 0.15) is 18.1 Å². The third-order valence-corrected chi connectivity index (χ3v) is 5.32. The van der Waals surface area contributed by atoms with Gasteiger partial charge in [-0.3, -0.25) is 19.2 Å². The minimum absolute atomic E-state index is 0.133. The molecule has 2 rings (SSSR count). The molecule has 2 aliphatic rings. The van der Waals surface area contributed by atoms with Crippen molar-refractivity contribution >= 4 is 29.7 Å². The molecule has 5 N–H and O–H groups in total. The van der Waals surface area contributed by atoms with E-state index in [1.807, 2.05) is 0 Å². The van der Waals surface area contributed by atoms with Crippen molar-refractivity contribution < 1.29 is 34.2 Å². The monoisotopic (exact) mass is 412 g/mol. The highest BCUT2D eigenvalue weighted by molar-refractivity contribution is 5.94. The second-order valence-electron chi connectivity index (χ2n) is 7.50. The van der Waals surface area contributed by atoms with Crippen LogP contribution in [0.5, 0.6) is 0 Å². The molecule has 0 saturated carbocycles. The minimum Gasteiger partial charge on any atom is -0.481 e. The average Bonchev–Trinajstić information content (AvgIpc) is 3.32. The summed E-state index contributed by atoms with van der Waals surface area (Å²) in [7, 11) is 0. The Labute approximate surface area is 168 Å². The van der Waals surface area contributed by atoms with Crippen molar-refractivity contribution in [3.8, 4) is 0 Å². The first-order chi connectivity index (χ1) is 13.6. The maximum atomic E-state index is 13.1. The average molecular weight is 412 g/mol. The van der Waals surface area contributed by atoms with Gasteiger partial charge in [0.15, 0.2) is 0 Å². The van der Waals surface area contributed by atoms with Gasteiger partial charge in [-0.15, -0.1) is 0 Å². The lowest BCUT2D eigenvalue weighted by Gasteiger charge is -2.32. The standard InChI is InChI=1S/C18H28N4O7/c1-10(19)15(25)20-11(6-7-14(23)24)16(26)21-8-2-4-12(21)17(27)22-9-3-5-13(22)18(28)29/h10-13H,2-9,19H2,1H3,(H,20,25)(H,23,24)(H,28,29). The van der Waals surface area contributed by atoms with Crippen molar-refractivity contribution in [2.45, 2.75) is 69.6 Å². The Morgan fingerprint density at radius 1 is 1.03 bits per heavy atom. The number of carbonyl (C=O) groups is 5. The highest BCUT2D eigenvalue weighted by atomic mass is 16.4. The van der Waals surface area contributed by atoms with Crippen molar-refractivity contribution in [1.29, 1.82) is 0 Å². The third-order valence-electron chi connectivity index (χ3n) is 5.32. The maximum absolute atomic E-state index is 13.1. The van der Waals surface area contributed by atoms with Gasteiger partial charge in [-0.05, 0) is 39.0 Å². The van der Waals surface area contributed by atoms with E-state index in [2.05, 4.69) is 5.32 Å². The van der Waals surface area contributed by atoms with E-state index < -0.39 is 53.8 Å². The van der Waals surface area contributed by atoms with E-state index in [9.17, 15) is 29.1 Å². The van der Waals surface area contributed by atoms with Crippen molar-refractivity contribution in [2.24, 2.45) is 5.73 Å². The van der Waals surface area contributed by atoms with Gasteiger partial charge in [0, 0.05) is 19.5 Å². The fraction of sp³-hybridized carbons (Fsp3) is 0.722. The Hall–Kier alpha value is -2.69. The molecule has 2 fully saturated rings. The molecule has 162 valence electrons. The zero-order valence-electron chi connectivity index (χ0n) is 16.4. The molecule has 0 spiro atoms. The lowest BCUT2D eigenvalue weighted by Crippen LogP contribution is -2.56. The number of carbonyl (C=O) groups excluding carboxylic acids is 3. The second-order valence-corrected chi connectivity index (χ2v) is 7.50. The number of hydrogen-bond acceptors (Lipinski definition) is 6. The number of rotatable bonds is 8. The molecule has 11 nitrogen and oxygen atoms in total. The van der Waals surface area contributed by atoms with Gasteiger partial charge < -0.3 is 31.1 Å². The second kappa shape index (κ2) is 9.68. The number of amides is 3. The number of nitrogens with one attached hydrogen (secondary N) is 1. The van der Waals surface area contributed by atoms with Gasteiger partial charge in [0.2, 0.25) is 17.7 Å². The molecule has 4 atom stereocenters. The predicted octanol–water partition coefficient (Wildman–Crippen LogP) is -1.25. The van der Waals surface area contributed by atoms with E-state index >= 15 is 0 Å². The number of carboxylic acid groups (broad SMARTS) is 2. The lowest BCUT2D eigenvalue weighted by molar-refractivity contribution is -0.152. The van der Waals surface area contributed by atoms with Crippen LogP contribution in [0.25, 0.3) is 0 Å². The molecule has 0 aromatic rings. The van der Waals surface area contributed by atoms with Gasteiger partial charge in [0.25, 0.3) is 0 Å². The lowest BCUT2D eigenvalue weighted by atomic mass is 10.1. The number of hydrogen-bond donors (Lipinski definition) is 4. The summed E-state index contributed by atoms with van der Waals surface area (Å²) in [5.41, 5.74) is 5.53. The van der Waals surface area contributed by atoms with Crippen LogP contribution in [-0.4, -0.2) is 86.9 Å². The van der Waals surface area contributed by atoms with Gasteiger partial charge >= 0.3 is 11.9 Å². The molecular weight excluding hydrogens is 384 g/mol. The Morgan fingerprint density at radius 3 is 2.17 bits per heavy atom. The summed E-state index contributed by atoms with van der Waals surface area (Å²) in [6.07, 6.45) is 1.42. The first-order valence-corrected chi connectivity index (χ1v) is 9.75. The molecule has 3 amide bonds. The molecule has 0 aromatic carbocycles. The molecule has 11 heteroatoms. The molecular formula is C18H28N4O7. The largest absolute Gasteiger partial charge is 0.481 e. The first-order valence-electron chi connectivity index (χ1n) is 9.75. The zero-order chi connectivity index (χ0) is 21.7. The molecule has 0 aromatic heterocycles. The van der Waals surface area contributed by atoms with Crippen molar-refractivity contribution in [3.63, 3.8) is 0 Å². The highest BCUT2D eigenvalue weighted by Gasteiger charge is 2.43. The van der Waals surface area contributed by atoms with Gasteiger partial charge in [-0.1, -0.05) is 0 Å². The van der Waals surface area contributed by atoms with Crippen LogP contribution in [0.15, 0.2) is 0 Å². The summed E-state index contributed by atoms with van der Waals surface area (Å²) in [6.45, 7) is 2.03. The van der Waals surface area contributed by atoms with E-state index in [0.29, 0.717) is 32.2 Å². The van der Waals surface area contributed by atoms with E-state index in [1.54, 1.807) is 0 Å². The van der Waals surface area contributed by atoms with E-state index in [4.69, 9.17) is 10.8 Å². The molecule has 0 radical (unpaired) electrons. The van der Waals surface area contributed by atoms with Crippen LogP contribution < -0.4 is 11.1 Å². The third kappa shape index (κ3) is 5.43. The molecule has 2 heterocycles. The molecule has 0 bridgehead atoms. The summed E-state index contributed by atoms with van der Waals surface area (Å²) in [4.78, 5) is 62.9. The number of likely N-dealkylation sites (tertiary alicyclic amines) is 2. The van der Waals surface area contributed by atoms with E-state index in [1.165, 1.54) is 16.7 Å². The topological polar surface area (TPSA) is 170 Å². The van der Waals surface area contributed by atoms with Crippen LogP contribution in [-0.2, 0) is 24.0 Å². The fourth-order valence-corrected chi connectivity index (χ4v) is 3.79. The normalized spacial score (nSPS) is 23.5. The number of nitrogens with two attached hydrogens (primary N) is 1. The summed E-state index contributed by atoms with van der Waals surface area (Å²) >= 11 is 0. The van der Waals surface area contributed by atoms with E-state index in [-0.39, 0.29) is 19.4 Å². The summed E-state index contributed by atoms with van der Waals surface area (Å²) in [5.74, 6) is -3.76. The molecule has 0 aliphatic carbocycles. The van der Waals surface area contributed by atoms with Crippen LogP contribution in [0.3, 0.4) is 0 Å². The molecule has 2 saturated heterocycles. The smallest absolute Gasteiger partial charge is 0.326 e. The maximum Gasteiger partial charge on any atom is 0.326 e. The zero-order valence-corrected chi connectivity index (χ0v) is 16.4. The quantitative estimate of drug-likeness (QED) is 0.383. The first kappa shape index (κ1) is 22.6. The number of carboxylic acids is 2. The minimum atomic E-state index is -1.12. The van der Waals surface area contributed by atoms with Gasteiger partial charge in [-0.25, -0.2) is 4.79 Å². The van der Waals surface area contributed by atoms with Crippen molar-refractivity contribution in [2.75, 3.05) is 13.1 Å². The summed E-state index contributed by atoms with van der Waals surface area (Å²) < 4.78 is 0. The Kier molecular flexibility index (Phi) is 7.54. The van der Waals surface area contributed by atoms with Gasteiger partial charge in [0.05, 0.1) is 6.04 Å². The molecule has 4 unspecified atom stereocenters. The molecule has 29 heavy (non-hydrogen) atoms. The SMILES string of the molecule is CC(N)C(=O)NC(CCC(=O)O)C(=O)N1CCCC1C(=O)N1CCCC1C(=O)O. The van der Waals surface area contributed by atoms with Crippen LogP contribution in [0.2, 0.25) is 0 Å². The van der Waals surface area contributed by atoms with Crippen LogP contribution >= 0.6 is 0 Å². The Morgan fingerprint density at radius 2 is 1.62 bits per heavy atom. The van der Waals surface area contributed by atoms with Gasteiger partial charge in [-0.2, -0.15) is 0 Å². The summed E-state index contributed by atoms with van der Waals surface area (Å²) in [5, 5.41) is 20.7. The van der Waals surface area contributed by atoms with Crippen molar-refractivity contribution in [1.82, 2.24) is 15.1 Å².